The smallest absolute Gasteiger partial charge is 0.255 e. The lowest BCUT2D eigenvalue weighted by Crippen LogP contribution is -2.11. The zero-order chi connectivity index (χ0) is 14.7. The van der Waals surface area contributed by atoms with Crippen LogP contribution in [0.4, 0.5) is 5.69 Å². The van der Waals surface area contributed by atoms with Crippen LogP contribution in [-0.2, 0) is 0 Å². The second-order valence-electron chi connectivity index (χ2n) is 4.65. The Labute approximate surface area is 122 Å². The summed E-state index contributed by atoms with van der Waals surface area (Å²) in [5.41, 5.74) is 2.19. The molecule has 0 bridgehead atoms. The maximum Gasteiger partial charge on any atom is 0.255 e. The fourth-order valence-electron chi connectivity index (χ4n) is 2.00. The molecule has 0 atom stereocenters. The van der Waals surface area contributed by atoms with Gasteiger partial charge in [0.05, 0.1) is 0 Å². The number of nitrogens with zero attached hydrogens (tertiary/aromatic N) is 2. The quantitative estimate of drug-likeness (QED) is 0.773. The van der Waals surface area contributed by atoms with Gasteiger partial charge in [-0.2, -0.15) is 5.10 Å². The Balaban J connectivity index is 1.82. The molecule has 21 heavy (non-hydrogen) atoms. The number of aromatic nitrogens is 3. The predicted molar refractivity (Wildman–Crippen MR) is 81.0 cm³/mol. The van der Waals surface area contributed by atoms with Gasteiger partial charge in [-0.25, -0.2) is 4.98 Å². The van der Waals surface area contributed by atoms with Gasteiger partial charge in [-0.3, -0.25) is 9.89 Å². The summed E-state index contributed by atoms with van der Waals surface area (Å²) in [6, 6.07) is 16.6. The van der Waals surface area contributed by atoms with Gasteiger partial charge in [0, 0.05) is 16.8 Å². The van der Waals surface area contributed by atoms with Crippen LogP contribution in [-0.4, -0.2) is 21.1 Å². The number of amides is 1. The van der Waals surface area contributed by atoms with Crippen molar-refractivity contribution in [1.82, 2.24) is 15.2 Å². The number of hydrogen-bond acceptors (Lipinski definition) is 3. The minimum absolute atomic E-state index is 0.140. The molecule has 104 valence electrons. The Kier molecular flexibility index (Phi) is 3.47. The lowest BCUT2D eigenvalue weighted by Gasteiger charge is -2.06. The first kappa shape index (κ1) is 13.1. The summed E-state index contributed by atoms with van der Waals surface area (Å²) in [5, 5.41) is 9.79. The third-order valence-corrected chi connectivity index (χ3v) is 3.01. The highest BCUT2D eigenvalue weighted by atomic mass is 16.1. The maximum absolute atomic E-state index is 12.1. The van der Waals surface area contributed by atoms with Gasteiger partial charge in [0.15, 0.2) is 5.82 Å². The number of rotatable bonds is 3. The molecule has 0 fully saturated rings. The Morgan fingerprint density at radius 2 is 1.90 bits per heavy atom. The van der Waals surface area contributed by atoms with Crippen molar-refractivity contribution in [2.75, 3.05) is 5.32 Å². The van der Waals surface area contributed by atoms with Gasteiger partial charge in [0.25, 0.3) is 5.91 Å². The van der Waals surface area contributed by atoms with Crippen molar-refractivity contribution in [2.45, 2.75) is 6.92 Å². The van der Waals surface area contributed by atoms with Crippen molar-refractivity contribution in [3.63, 3.8) is 0 Å². The Morgan fingerprint density at radius 1 is 1.10 bits per heavy atom. The fraction of sp³-hybridized carbons (Fsp3) is 0.0625. The molecule has 1 heterocycles. The largest absolute Gasteiger partial charge is 0.322 e. The van der Waals surface area contributed by atoms with Crippen molar-refractivity contribution in [1.29, 1.82) is 0 Å². The second kappa shape index (κ2) is 5.58. The van der Waals surface area contributed by atoms with E-state index in [4.69, 9.17) is 0 Å². The first-order valence-electron chi connectivity index (χ1n) is 6.58. The van der Waals surface area contributed by atoms with Crippen LogP contribution in [0.5, 0.6) is 0 Å². The molecule has 2 aromatic carbocycles. The highest BCUT2D eigenvalue weighted by Crippen LogP contribution is 2.19. The molecule has 2 N–H and O–H groups in total. The zero-order valence-corrected chi connectivity index (χ0v) is 11.5. The predicted octanol–water partition coefficient (Wildman–Crippen LogP) is 3.03. The van der Waals surface area contributed by atoms with E-state index in [1.54, 1.807) is 12.1 Å². The minimum atomic E-state index is -0.140. The molecule has 0 unspecified atom stereocenters. The van der Waals surface area contributed by atoms with Crippen LogP contribution in [0.15, 0.2) is 54.6 Å². The second-order valence-corrected chi connectivity index (χ2v) is 4.65. The molecule has 5 nitrogen and oxygen atoms in total. The molecule has 0 aliphatic carbocycles. The van der Waals surface area contributed by atoms with Crippen molar-refractivity contribution >= 4 is 11.6 Å². The van der Waals surface area contributed by atoms with E-state index in [1.807, 2.05) is 49.4 Å². The normalized spacial score (nSPS) is 10.3. The van der Waals surface area contributed by atoms with Gasteiger partial charge < -0.3 is 5.32 Å². The van der Waals surface area contributed by atoms with E-state index >= 15 is 0 Å². The number of aryl methyl sites for hydroxylation is 1. The maximum atomic E-state index is 12.1. The Morgan fingerprint density at radius 3 is 2.62 bits per heavy atom. The summed E-state index contributed by atoms with van der Waals surface area (Å²) in [4.78, 5) is 16.4. The summed E-state index contributed by atoms with van der Waals surface area (Å²) in [5.74, 6) is 1.23. The standard InChI is InChI=1S/C16H14N4O/c1-11-17-15(20-19-11)13-8-5-9-14(10-13)18-16(21)12-6-3-2-4-7-12/h2-10H,1H3,(H,18,21)(H,17,19,20). The van der Waals surface area contributed by atoms with Crippen molar-refractivity contribution < 1.29 is 4.79 Å². The number of benzene rings is 2. The third kappa shape index (κ3) is 2.97. The molecule has 0 aliphatic heterocycles. The summed E-state index contributed by atoms with van der Waals surface area (Å²) in [6.07, 6.45) is 0. The molecule has 3 rings (SSSR count). The van der Waals surface area contributed by atoms with Crippen molar-refractivity contribution in [2.24, 2.45) is 0 Å². The van der Waals surface area contributed by atoms with E-state index < -0.39 is 0 Å². The summed E-state index contributed by atoms with van der Waals surface area (Å²) in [6.45, 7) is 1.84. The highest BCUT2D eigenvalue weighted by molar-refractivity contribution is 6.04. The van der Waals surface area contributed by atoms with Gasteiger partial charge in [0.2, 0.25) is 0 Å². The molecule has 3 aromatic rings. The Hall–Kier alpha value is -2.95. The number of aromatic amines is 1. The molecular formula is C16H14N4O. The lowest BCUT2D eigenvalue weighted by molar-refractivity contribution is 0.102. The number of nitrogens with one attached hydrogen (secondary N) is 2. The van der Waals surface area contributed by atoms with E-state index in [0.29, 0.717) is 17.1 Å². The first-order chi connectivity index (χ1) is 10.2. The van der Waals surface area contributed by atoms with Gasteiger partial charge in [-0.15, -0.1) is 0 Å². The summed E-state index contributed by atoms with van der Waals surface area (Å²) < 4.78 is 0. The number of carbonyl (C=O) groups is 1. The SMILES string of the molecule is Cc1nc(-c2cccc(NC(=O)c3ccccc3)c2)n[nH]1. The summed E-state index contributed by atoms with van der Waals surface area (Å²) >= 11 is 0. The highest BCUT2D eigenvalue weighted by Gasteiger charge is 2.08. The van der Waals surface area contributed by atoms with Gasteiger partial charge in [-0.05, 0) is 31.2 Å². The summed E-state index contributed by atoms with van der Waals surface area (Å²) in [7, 11) is 0. The Bertz CT molecular complexity index is 765. The molecule has 0 radical (unpaired) electrons. The topological polar surface area (TPSA) is 70.7 Å². The molecule has 0 saturated carbocycles. The van der Waals surface area contributed by atoms with Crippen LogP contribution >= 0.6 is 0 Å². The number of H-pyrrole nitrogens is 1. The van der Waals surface area contributed by atoms with E-state index in [2.05, 4.69) is 20.5 Å². The van der Waals surface area contributed by atoms with E-state index in [0.717, 1.165) is 11.4 Å². The number of hydrogen-bond donors (Lipinski definition) is 2. The lowest BCUT2D eigenvalue weighted by atomic mass is 10.1. The van der Waals surface area contributed by atoms with Crippen LogP contribution in [0.25, 0.3) is 11.4 Å². The van der Waals surface area contributed by atoms with Crippen LogP contribution in [0.1, 0.15) is 16.2 Å². The molecular weight excluding hydrogens is 264 g/mol. The van der Waals surface area contributed by atoms with E-state index in [1.165, 1.54) is 0 Å². The average Bonchev–Trinajstić information content (AvgIpc) is 2.95. The molecule has 0 spiro atoms. The van der Waals surface area contributed by atoms with Crippen molar-refractivity contribution in [3.05, 3.63) is 66.0 Å². The molecule has 1 amide bonds. The van der Waals surface area contributed by atoms with Crippen LogP contribution < -0.4 is 5.32 Å². The molecule has 5 heteroatoms. The molecule has 1 aromatic heterocycles. The number of anilines is 1. The number of carbonyl (C=O) groups excluding carboxylic acids is 1. The zero-order valence-electron chi connectivity index (χ0n) is 11.5. The van der Waals surface area contributed by atoms with Crippen molar-refractivity contribution in [3.8, 4) is 11.4 Å². The van der Waals surface area contributed by atoms with Gasteiger partial charge >= 0.3 is 0 Å². The van der Waals surface area contributed by atoms with Gasteiger partial charge in [0.1, 0.15) is 5.82 Å². The van der Waals surface area contributed by atoms with E-state index in [-0.39, 0.29) is 5.91 Å². The minimum Gasteiger partial charge on any atom is -0.322 e. The van der Waals surface area contributed by atoms with Crippen LogP contribution in [0.3, 0.4) is 0 Å². The third-order valence-electron chi connectivity index (χ3n) is 3.01. The molecule has 0 saturated heterocycles. The van der Waals surface area contributed by atoms with Crippen LogP contribution in [0, 0.1) is 6.92 Å². The first-order valence-corrected chi connectivity index (χ1v) is 6.58. The van der Waals surface area contributed by atoms with E-state index in [9.17, 15) is 4.79 Å². The van der Waals surface area contributed by atoms with Crippen LogP contribution in [0.2, 0.25) is 0 Å². The monoisotopic (exact) mass is 278 g/mol. The van der Waals surface area contributed by atoms with Gasteiger partial charge in [-0.1, -0.05) is 30.3 Å². The average molecular weight is 278 g/mol. The fourth-order valence-corrected chi connectivity index (χ4v) is 2.00. The molecule has 0 aliphatic rings.